The number of aliphatic imine (C=N–C) groups is 1. The molecule has 0 saturated heterocycles. The standard InChI is InChI=1S/C19H28N4OS.HI/c1-6-20-18(23-13-19(3,4)25-5)22-12-17-21-11-16(24-17)15-9-7-14(2)8-10-15;/h7-11H,6,12-13H2,1-5H3,(H2,20,22,23);1H. The van der Waals surface area contributed by atoms with Crippen molar-refractivity contribution in [1.29, 1.82) is 0 Å². The summed E-state index contributed by atoms with van der Waals surface area (Å²) in [4.78, 5) is 8.91. The number of hydrogen-bond donors (Lipinski definition) is 2. The number of aryl methyl sites for hydroxylation is 1. The second-order valence-corrected chi connectivity index (χ2v) is 8.01. The van der Waals surface area contributed by atoms with Gasteiger partial charge in [0.1, 0.15) is 6.54 Å². The molecular formula is C19H29IN4OS. The van der Waals surface area contributed by atoms with Crippen molar-refractivity contribution in [2.45, 2.75) is 39.0 Å². The van der Waals surface area contributed by atoms with Crippen LogP contribution in [0, 0.1) is 6.92 Å². The van der Waals surface area contributed by atoms with Crippen LogP contribution < -0.4 is 10.6 Å². The number of nitrogens with zero attached hydrogens (tertiary/aromatic N) is 2. The predicted molar refractivity (Wildman–Crippen MR) is 123 cm³/mol. The van der Waals surface area contributed by atoms with E-state index in [1.165, 1.54) is 5.56 Å². The highest BCUT2D eigenvalue weighted by Gasteiger charge is 2.16. The first-order chi connectivity index (χ1) is 11.9. The Morgan fingerprint density at radius 1 is 1.23 bits per heavy atom. The molecule has 5 nitrogen and oxygen atoms in total. The molecule has 144 valence electrons. The molecule has 0 saturated carbocycles. The summed E-state index contributed by atoms with van der Waals surface area (Å²) in [6.45, 7) is 10.6. The zero-order chi connectivity index (χ0) is 18.3. The molecule has 0 unspecified atom stereocenters. The van der Waals surface area contributed by atoms with E-state index in [4.69, 9.17) is 4.42 Å². The first-order valence-electron chi connectivity index (χ1n) is 8.52. The Kier molecular flexibility index (Phi) is 9.49. The van der Waals surface area contributed by atoms with E-state index in [2.05, 4.69) is 66.7 Å². The van der Waals surface area contributed by atoms with Gasteiger partial charge >= 0.3 is 0 Å². The fourth-order valence-corrected chi connectivity index (χ4v) is 2.31. The molecule has 2 N–H and O–H groups in total. The number of thioether (sulfide) groups is 1. The number of nitrogens with one attached hydrogen (secondary N) is 2. The largest absolute Gasteiger partial charge is 0.439 e. The average Bonchev–Trinajstić information content (AvgIpc) is 3.07. The summed E-state index contributed by atoms with van der Waals surface area (Å²) in [6.07, 6.45) is 3.87. The summed E-state index contributed by atoms with van der Waals surface area (Å²) >= 11 is 1.83. The van der Waals surface area contributed by atoms with Crippen molar-refractivity contribution >= 4 is 41.7 Å². The van der Waals surface area contributed by atoms with Crippen LogP contribution >= 0.6 is 35.7 Å². The van der Waals surface area contributed by atoms with Crippen LogP contribution in [0.1, 0.15) is 32.2 Å². The molecule has 0 fully saturated rings. The molecule has 7 heteroatoms. The van der Waals surface area contributed by atoms with Gasteiger partial charge in [0, 0.05) is 23.4 Å². The minimum absolute atomic E-state index is 0. The third-order valence-electron chi connectivity index (χ3n) is 3.84. The fourth-order valence-electron chi connectivity index (χ4n) is 2.09. The minimum Gasteiger partial charge on any atom is -0.439 e. The van der Waals surface area contributed by atoms with Crippen molar-refractivity contribution in [2.75, 3.05) is 19.3 Å². The van der Waals surface area contributed by atoms with Crippen LogP contribution in [0.5, 0.6) is 0 Å². The fraction of sp³-hybridized carbons (Fsp3) is 0.474. The highest BCUT2D eigenvalue weighted by atomic mass is 127. The Hall–Kier alpha value is -1.22. The van der Waals surface area contributed by atoms with Gasteiger partial charge in [0.2, 0.25) is 5.89 Å². The summed E-state index contributed by atoms with van der Waals surface area (Å²) in [5.74, 6) is 2.16. The Labute approximate surface area is 177 Å². The van der Waals surface area contributed by atoms with Crippen LogP contribution in [-0.4, -0.2) is 35.0 Å². The van der Waals surface area contributed by atoms with Crippen LogP contribution in [0.4, 0.5) is 0 Å². The maximum absolute atomic E-state index is 5.83. The van der Waals surface area contributed by atoms with Crippen molar-refractivity contribution in [3.05, 3.63) is 41.9 Å². The van der Waals surface area contributed by atoms with Crippen LogP contribution in [0.2, 0.25) is 0 Å². The lowest BCUT2D eigenvalue weighted by Crippen LogP contribution is -2.43. The number of rotatable bonds is 7. The lowest BCUT2D eigenvalue weighted by molar-refractivity contribution is 0.509. The quantitative estimate of drug-likeness (QED) is 0.342. The molecular weight excluding hydrogens is 459 g/mol. The molecule has 0 radical (unpaired) electrons. The van der Waals surface area contributed by atoms with E-state index in [1.54, 1.807) is 6.20 Å². The Morgan fingerprint density at radius 3 is 2.54 bits per heavy atom. The van der Waals surface area contributed by atoms with Gasteiger partial charge in [-0.25, -0.2) is 9.98 Å². The van der Waals surface area contributed by atoms with Gasteiger partial charge in [-0.15, -0.1) is 24.0 Å². The third-order valence-corrected chi connectivity index (χ3v) is 5.09. The molecule has 2 aromatic rings. The number of halogens is 1. The van der Waals surface area contributed by atoms with E-state index in [0.29, 0.717) is 12.4 Å². The summed E-state index contributed by atoms with van der Waals surface area (Å²) in [5.41, 5.74) is 2.25. The molecule has 0 aliphatic carbocycles. The monoisotopic (exact) mass is 488 g/mol. The molecule has 1 aromatic heterocycles. The summed E-state index contributed by atoms with van der Waals surface area (Å²) in [6, 6.07) is 8.21. The molecule has 1 heterocycles. The van der Waals surface area contributed by atoms with Gasteiger partial charge in [0.15, 0.2) is 11.7 Å². The van der Waals surface area contributed by atoms with Crippen molar-refractivity contribution < 1.29 is 4.42 Å². The van der Waals surface area contributed by atoms with Gasteiger partial charge in [-0.3, -0.25) is 0 Å². The van der Waals surface area contributed by atoms with Gasteiger partial charge < -0.3 is 15.1 Å². The zero-order valence-corrected chi connectivity index (χ0v) is 19.3. The van der Waals surface area contributed by atoms with Crippen molar-refractivity contribution in [3.8, 4) is 11.3 Å². The van der Waals surface area contributed by atoms with Gasteiger partial charge in [-0.1, -0.05) is 29.8 Å². The van der Waals surface area contributed by atoms with Crippen LogP contribution in [0.3, 0.4) is 0 Å². The predicted octanol–water partition coefficient (Wildman–Crippen LogP) is 4.46. The normalized spacial score (nSPS) is 11.8. The molecule has 2 rings (SSSR count). The molecule has 26 heavy (non-hydrogen) atoms. The molecule has 0 aliphatic rings. The SMILES string of the molecule is CCNC(=NCc1ncc(-c2ccc(C)cc2)o1)NCC(C)(C)SC.I. The highest BCUT2D eigenvalue weighted by Crippen LogP contribution is 2.21. The summed E-state index contributed by atoms with van der Waals surface area (Å²) in [7, 11) is 0. The van der Waals surface area contributed by atoms with Gasteiger partial charge in [0.25, 0.3) is 0 Å². The number of hydrogen-bond acceptors (Lipinski definition) is 4. The topological polar surface area (TPSA) is 62.5 Å². The molecule has 0 atom stereocenters. The van der Waals surface area contributed by atoms with Crippen molar-refractivity contribution in [3.63, 3.8) is 0 Å². The average molecular weight is 488 g/mol. The van der Waals surface area contributed by atoms with Crippen LogP contribution in [0.25, 0.3) is 11.3 Å². The summed E-state index contributed by atoms with van der Waals surface area (Å²) < 4.78 is 5.98. The number of benzene rings is 1. The molecule has 0 spiro atoms. The maximum atomic E-state index is 5.83. The van der Waals surface area contributed by atoms with Gasteiger partial charge in [-0.05, 0) is 34.0 Å². The van der Waals surface area contributed by atoms with Crippen LogP contribution in [-0.2, 0) is 6.54 Å². The highest BCUT2D eigenvalue weighted by molar-refractivity contribution is 14.0. The van der Waals surface area contributed by atoms with E-state index in [-0.39, 0.29) is 28.7 Å². The first-order valence-corrected chi connectivity index (χ1v) is 9.75. The molecule has 0 aliphatic heterocycles. The number of guanidine groups is 1. The van der Waals surface area contributed by atoms with Gasteiger partial charge in [0.05, 0.1) is 6.20 Å². The number of aromatic nitrogens is 1. The van der Waals surface area contributed by atoms with Crippen molar-refractivity contribution in [1.82, 2.24) is 15.6 Å². The molecule has 0 bridgehead atoms. The van der Waals surface area contributed by atoms with Gasteiger partial charge in [-0.2, -0.15) is 11.8 Å². The van der Waals surface area contributed by atoms with Crippen LogP contribution in [0.15, 0.2) is 39.9 Å². The zero-order valence-electron chi connectivity index (χ0n) is 16.1. The summed E-state index contributed by atoms with van der Waals surface area (Å²) in [5, 5.41) is 6.63. The Balaban J connectivity index is 0.00000338. The second kappa shape index (κ2) is 10.8. The van der Waals surface area contributed by atoms with E-state index >= 15 is 0 Å². The minimum atomic E-state index is 0. The second-order valence-electron chi connectivity index (χ2n) is 6.50. The lowest BCUT2D eigenvalue weighted by atomic mass is 10.1. The first kappa shape index (κ1) is 22.8. The Morgan fingerprint density at radius 2 is 1.92 bits per heavy atom. The van der Waals surface area contributed by atoms with E-state index < -0.39 is 0 Å². The third kappa shape index (κ3) is 7.19. The molecule has 0 amide bonds. The molecule has 1 aromatic carbocycles. The smallest absolute Gasteiger partial charge is 0.216 e. The van der Waals surface area contributed by atoms with E-state index in [9.17, 15) is 0 Å². The van der Waals surface area contributed by atoms with E-state index in [0.717, 1.165) is 30.4 Å². The van der Waals surface area contributed by atoms with E-state index in [1.807, 2.05) is 23.9 Å². The maximum Gasteiger partial charge on any atom is 0.216 e. The lowest BCUT2D eigenvalue weighted by Gasteiger charge is -2.23. The number of oxazole rings is 1. The Bertz CT molecular complexity index is 698. The van der Waals surface area contributed by atoms with Crippen molar-refractivity contribution in [2.24, 2.45) is 4.99 Å².